The molecule has 0 aliphatic carbocycles. The minimum absolute atomic E-state index is 0.0221. The van der Waals surface area contributed by atoms with Crippen LogP contribution in [0.3, 0.4) is 0 Å². The van der Waals surface area contributed by atoms with E-state index < -0.39 is 27.7 Å². The zero-order chi connectivity index (χ0) is 31.3. The standard InChI is InChI=1S/C33H25FN2O7S/c34-25-11-14-27(15-12-25)44(41,42)36-29-19-26(13-17-30(29)37)35-32(38)23-8-6-22(7-9-23)24-10-16-28(33(39)40)31(18-24)43-20-21-4-2-1-3-5-21/h1-19,36-37H,20H2,(H,35,38)(H,39,40). The number of sulfonamides is 1. The van der Waals surface area contributed by atoms with Crippen LogP contribution in [0.5, 0.6) is 11.5 Å². The first-order valence-corrected chi connectivity index (χ1v) is 14.6. The highest BCUT2D eigenvalue weighted by molar-refractivity contribution is 7.92. The maximum atomic E-state index is 13.2. The normalized spacial score (nSPS) is 11.0. The molecule has 0 atom stereocenters. The van der Waals surface area contributed by atoms with Gasteiger partial charge in [0.2, 0.25) is 0 Å². The van der Waals surface area contributed by atoms with Crippen LogP contribution < -0.4 is 14.8 Å². The molecule has 4 N–H and O–H groups in total. The Morgan fingerprint density at radius 3 is 2.16 bits per heavy atom. The van der Waals surface area contributed by atoms with Gasteiger partial charge in [0, 0.05) is 11.3 Å². The summed E-state index contributed by atoms with van der Waals surface area (Å²) in [5.74, 6) is -2.38. The average molecular weight is 613 g/mol. The van der Waals surface area contributed by atoms with Gasteiger partial charge in [0.25, 0.3) is 15.9 Å². The largest absolute Gasteiger partial charge is 0.506 e. The highest BCUT2D eigenvalue weighted by atomic mass is 32.2. The van der Waals surface area contributed by atoms with Crippen LogP contribution in [-0.4, -0.2) is 30.5 Å². The van der Waals surface area contributed by atoms with Gasteiger partial charge in [-0.1, -0.05) is 48.5 Å². The van der Waals surface area contributed by atoms with Crippen molar-refractivity contribution in [3.05, 3.63) is 138 Å². The van der Waals surface area contributed by atoms with Crippen molar-refractivity contribution in [1.29, 1.82) is 0 Å². The third-order valence-electron chi connectivity index (χ3n) is 6.55. The molecule has 5 aromatic rings. The Balaban J connectivity index is 1.30. The van der Waals surface area contributed by atoms with E-state index in [9.17, 15) is 32.6 Å². The lowest BCUT2D eigenvalue weighted by molar-refractivity contribution is 0.0691. The Morgan fingerprint density at radius 2 is 1.48 bits per heavy atom. The van der Waals surface area contributed by atoms with Crippen molar-refractivity contribution in [2.24, 2.45) is 0 Å². The molecule has 5 aromatic carbocycles. The van der Waals surface area contributed by atoms with Gasteiger partial charge in [0.1, 0.15) is 29.5 Å². The van der Waals surface area contributed by atoms with Crippen molar-refractivity contribution >= 4 is 33.3 Å². The predicted octanol–water partition coefficient (Wildman–Crippen LogP) is 6.53. The van der Waals surface area contributed by atoms with E-state index in [0.29, 0.717) is 11.1 Å². The molecule has 44 heavy (non-hydrogen) atoms. The Kier molecular flexibility index (Phi) is 8.59. The maximum absolute atomic E-state index is 13.2. The predicted molar refractivity (Wildman–Crippen MR) is 163 cm³/mol. The summed E-state index contributed by atoms with van der Waals surface area (Å²) in [6.07, 6.45) is 0. The second-order valence-corrected chi connectivity index (χ2v) is 11.3. The van der Waals surface area contributed by atoms with E-state index in [-0.39, 0.29) is 45.5 Å². The van der Waals surface area contributed by atoms with Crippen LogP contribution in [0.4, 0.5) is 15.8 Å². The summed E-state index contributed by atoms with van der Waals surface area (Å²) < 4.78 is 46.6. The number of halogens is 1. The van der Waals surface area contributed by atoms with Gasteiger partial charge in [-0.3, -0.25) is 9.52 Å². The van der Waals surface area contributed by atoms with Gasteiger partial charge < -0.3 is 20.3 Å². The van der Waals surface area contributed by atoms with Gasteiger partial charge in [0.15, 0.2) is 0 Å². The number of phenolic OH excluding ortho intramolecular Hbond substituents is 1. The minimum atomic E-state index is -4.14. The van der Waals surface area contributed by atoms with Crippen molar-refractivity contribution in [2.45, 2.75) is 11.5 Å². The lowest BCUT2D eigenvalue weighted by atomic mass is 10.0. The summed E-state index contributed by atoms with van der Waals surface area (Å²) in [6.45, 7) is 0.191. The molecule has 222 valence electrons. The van der Waals surface area contributed by atoms with Gasteiger partial charge in [-0.15, -0.1) is 0 Å². The van der Waals surface area contributed by atoms with E-state index in [4.69, 9.17) is 4.74 Å². The van der Waals surface area contributed by atoms with Crippen molar-refractivity contribution in [3.8, 4) is 22.6 Å². The molecule has 0 fully saturated rings. The molecule has 0 unspecified atom stereocenters. The Hall–Kier alpha value is -5.68. The van der Waals surface area contributed by atoms with Crippen LogP contribution in [0.25, 0.3) is 11.1 Å². The van der Waals surface area contributed by atoms with Gasteiger partial charge in [-0.25, -0.2) is 17.6 Å². The number of hydrogen-bond acceptors (Lipinski definition) is 6. The van der Waals surface area contributed by atoms with Crippen LogP contribution in [0.1, 0.15) is 26.3 Å². The monoisotopic (exact) mass is 612 g/mol. The van der Waals surface area contributed by atoms with Gasteiger partial charge >= 0.3 is 5.97 Å². The highest BCUT2D eigenvalue weighted by Gasteiger charge is 2.18. The summed E-state index contributed by atoms with van der Waals surface area (Å²) in [7, 11) is -4.14. The van der Waals surface area contributed by atoms with Gasteiger partial charge in [-0.05, 0) is 83.4 Å². The van der Waals surface area contributed by atoms with Crippen LogP contribution in [0.2, 0.25) is 0 Å². The number of phenols is 1. The second kappa shape index (κ2) is 12.7. The molecular weight excluding hydrogens is 587 g/mol. The van der Waals surface area contributed by atoms with Gasteiger partial charge in [-0.2, -0.15) is 0 Å². The molecule has 0 aromatic heterocycles. The molecule has 1 amide bonds. The third kappa shape index (κ3) is 7.02. The number of aromatic carboxylic acids is 1. The fraction of sp³-hybridized carbons (Fsp3) is 0.0303. The lowest BCUT2D eigenvalue weighted by Crippen LogP contribution is -2.14. The molecule has 5 rings (SSSR count). The first-order valence-electron chi connectivity index (χ1n) is 13.2. The average Bonchev–Trinajstić information content (AvgIpc) is 3.02. The molecule has 9 nitrogen and oxygen atoms in total. The first-order chi connectivity index (χ1) is 21.1. The number of nitrogens with one attached hydrogen (secondary N) is 2. The smallest absolute Gasteiger partial charge is 0.339 e. The van der Waals surface area contributed by atoms with Crippen LogP contribution in [0.15, 0.2) is 120 Å². The van der Waals surface area contributed by atoms with E-state index in [1.54, 1.807) is 36.4 Å². The number of carbonyl (C=O) groups excluding carboxylic acids is 1. The number of rotatable bonds is 10. The lowest BCUT2D eigenvalue weighted by Gasteiger charge is -2.13. The molecule has 11 heteroatoms. The Labute approximate surface area is 252 Å². The van der Waals surface area contributed by atoms with E-state index in [1.165, 1.54) is 24.3 Å². The molecule has 0 saturated heterocycles. The molecule has 0 saturated carbocycles. The summed E-state index contributed by atoms with van der Waals surface area (Å²) >= 11 is 0. The minimum Gasteiger partial charge on any atom is -0.506 e. The number of aromatic hydroxyl groups is 1. The molecular formula is C33H25FN2O7S. The number of carbonyl (C=O) groups is 2. The van der Waals surface area contributed by atoms with Crippen molar-refractivity contribution in [1.82, 2.24) is 0 Å². The number of carboxylic acid groups (broad SMARTS) is 1. The maximum Gasteiger partial charge on any atom is 0.339 e. The van der Waals surface area contributed by atoms with E-state index >= 15 is 0 Å². The number of hydrogen-bond donors (Lipinski definition) is 4. The van der Waals surface area contributed by atoms with Gasteiger partial charge in [0.05, 0.1) is 10.6 Å². The molecule has 0 radical (unpaired) electrons. The van der Waals surface area contributed by atoms with E-state index in [0.717, 1.165) is 29.8 Å². The molecule has 0 spiro atoms. The second-order valence-electron chi connectivity index (χ2n) is 9.61. The molecule has 0 aliphatic heterocycles. The number of ether oxygens (including phenoxy) is 1. The van der Waals surface area contributed by atoms with Crippen molar-refractivity contribution in [2.75, 3.05) is 10.0 Å². The zero-order valence-corrected chi connectivity index (χ0v) is 23.7. The molecule has 0 bridgehead atoms. The summed E-state index contributed by atoms with van der Waals surface area (Å²) in [6, 6.07) is 28.7. The fourth-order valence-corrected chi connectivity index (χ4v) is 5.33. The topological polar surface area (TPSA) is 142 Å². The SMILES string of the molecule is O=C(Nc1ccc(O)c(NS(=O)(=O)c2ccc(F)cc2)c1)c1ccc(-c2ccc(C(=O)O)c(OCc3ccccc3)c2)cc1. The quantitative estimate of drug-likeness (QED) is 0.104. The number of carboxylic acids is 1. The summed E-state index contributed by atoms with van der Waals surface area (Å²) in [4.78, 5) is 24.5. The van der Waals surface area contributed by atoms with Crippen LogP contribution in [0, 0.1) is 5.82 Å². The van der Waals surface area contributed by atoms with Crippen LogP contribution in [-0.2, 0) is 16.6 Å². The number of benzene rings is 5. The van der Waals surface area contributed by atoms with E-state index in [2.05, 4.69) is 10.0 Å². The zero-order valence-electron chi connectivity index (χ0n) is 22.9. The highest BCUT2D eigenvalue weighted by Crippen LogP contribution is 2.31. The number of anilines is 2. The number of amides is 1. The fourth-order valence-electron chi connectivity index (χ4n) is 4.26. The van der Waals surface area contributed by atoms with Crippen molar-refractivity contribution in [3.63, 3.8) is 0 Å². The summed E-state index contributed by atoms with van der Waals surface area (Å²) in [5.41, 5.74) is 2.62. The van der Waals surface area contributed by atoms with Crippen molar-refractivity contribution < 1.29 is 37.3 Å². The van der Waals surface area contributed by atoms with Crippen LogP contribution >= 0.6 is 0 Å². The molecule has 0 aliphatic rings. The van der Waals surface area contributed by atoms with E-state index in [1.807, 2.05) is 30.3 Å². The summed E-state index contributed by atoms with van der Waals surface area (Å²) in [5, 5.41) is 22.5. The Morgan fingerprint density at radius 1 is 0.795 bits per heavy atom. The third-order valence-corrected chi connectivity index (χ3v) is 7.93. The Bertz CT molecular complexity index is 1930. The molecule has 0 heterocycles. The first kappa shape index (κ1) is 29.8.